The van der Waals surface area contributed by atoms with Crippen LogP contribution in [0.15, 0.2) is 18.2 Å². The maximum Gasteiger partial charge on any atom is 0.116 e. The number of nitrogens with two attached hydrogens (primary N) is 1. The molecule has 1 unspecified atom stereocenters. The molecule has 0 aromatic heterocycles. The van der Waals surface area contributed by atoms with E-state index in [1.54, 1.807) is 6.07 Å². The summed E-state index contributed by atoms with van der Waals surface area (Å²) in [6.07, 6.45) is 3.25. The summed E-state index contributed by atoms with van der Waals surface area (Å²) in [5, 5.41) is 9.48. The second-order valence-electron chi connectivity index (χ2n) is 4.39. The highest BCUT2D eigenvalue weighted by atomic mass is 16.3. The van der Waals surface area contributed by atoms with Gasteiger partial charge in [-0.15, -0.1) is 0 Å². The van der Waals surface area contributed by atoms with Gasteiger partial charge in [0.05, 0.1) is 0 Å². The Morgan fingerprint density at radius 2 is 2.31 bits per heavy atom. The van der Waals surface area contributed by atoms with E-state index in [4.69, 9.17) is 5.73 Å². The van der Waals surface area contributed by atoms with Crippen molar-refractivity contribution >= 4 is 5.69 Å². The first-order chi connectivity index (χ1) is 7.76. The minimum absolute atomic E-state index is 0.370. The average molecular weight is 220 g/mol. The van der Waals surface area contributed by atoms with E-state index in [2.05, 4.69) is 11.8 Å². The fourth-order valence-corrected chi connectivity index (χ4v) is 2.62. The van der Waals surface area contributed by atoms with Crippen molar-refractivity contribution in [3.8, 4) is 5.75 Å². The summed E-state index contributed by atoms with van der Waals surface area (Å²) in [7, 11) is 0. The molecule has 1 heterocycles. The maximum absolute atomic E-state index is 9.48. The lowest BCUT2D eigenvalue weighted by Crippen LogP contribution is -2.32. The van der Waals surface area contributed by atoms with Crippen molar-refractivity contribution in [2.75, 3.05) is 18.0 Å². The van der Waals surface area contributed by atoms with E-state index < -0.39 is 0 Å². The molecule has 0 aliphatic carbocycles. The number of anilines is 1. The lowest BCUT2D eigenvalue weighted by Gasteiger charge is -2.26. The van der Waals surface area contributed by atoms with Crippen molar-refractivity contribution in [3.05, 3.63) is 23.8 Å². The summed E-state index contributed by atoms with van der Waals surface area (Å²) in [6.45, 7) is 3.96. The van der Waals surface area contributed by atoms with Crippen molar-refractivity contribution in [1.82, 2.24) is 0 Å². The molecule has 0 saturated carbocycles. The first kappa shape index (κ1) is 11.3. The molecule has 0 amide bonds. The van der Waals surface area contributed by atoms with E-state index in [0.29, 0.717) is 11.8 Å². The predicted molar refractivity (Wildman–Crippen MR) is 66.9 cm³/mol. The second kappa shape index (κ2) is 4.74. The van der Waals surface area contributed by atoms with Crippen LogP contribution in [0.2, 0.25) is 0 Å². The van der Waals surface area contributed by atoms with Gasteiger partial charge < -0.3 is 15.7 Å². The van der Waals surface area contributed by atoms with Gasteiger partial charge in [-0.25, -0.2) is 0 Å². The first-order valence-electron chi connectivity index (χ1n) is 6.05. The lowest BCUT2D eigenvalue weighted by molar-refractivity contribution is 0.474. The molecular formula is C13H20N2O. The Hall–Kier alpha value is -1.22. The Morgan fingerprint density at radius 3 is 3.00 bits per heavy atom. The summed E-state index contributed by atoms with van der Waals surface area (Å²) in [4.78, 5) is 2.42. The molecule has 0 saturated heterocycles. The highest BCUT2D eigenvalue weighted by molar-refractivity contribution is 5.61. The molecule has 1 aliphatic rings. The molecule has 88 valence electrons. The van der Waals surface area contributed by atoms with Crippen LogP contribution in [0.5, 0.6) is 5.75 Å². The Bertz CT molecular complexity index is 365. The Morgan fingerprint density at radius 1 is 1.50 bits per heavy atom. The van der Waals surface area contributed by atoms with E-state index in [-0.39, 0.29) is 0 Å². The van der Waals surface area contributed by atoms with Crippen LogP contribution in [0.4, 0.5) is 5.69 Å². The van der Waals surface area contributed by atoms with Gasteiger partial charge in [0.2, 0.25) is 0 Å². The zero-order valence-corrected chi connectivity index (χ0v) is 9.82. The number of fused-ring (bicyclic) bond motifs is 1. The average Bonchev–Trinajstić information content (AvgIpc) is 2.62. The fourth-order valence-electron chi connectivity index (χ4n) is 2.62. The standard InChI is InChI=1S/C13H20N2O/c1-2-15-11(4-3-7-14)8-10-9-12(16)5-6-13(10)15/h5-6,9,11,16H,2-4,7-8,14H2,1H3. The van der Waals surface area contributed by atoms with E-state index in [0.717, 1.165) is 32.4 Å². The third-order valence-corrected chi connectivity index (χ3v) is 3.35. The number of rotatable bonds is 4. The van der Waals surface area contributed by atoms with Crippen LogP contribution in [-0.4, -0.2) is 24.2 Å². The van der Waals surface area contributed by atoms with Gasteiger partial charge in [-0.2, -0.15) is 0 Å². The van der Waals surface area contributed by atoms with Gasteiger partial charge in [-0.3, -0.25) is 0 Å². The zero-order chi connectivity index (χ0) is 11.5. The number of nitrogens with zero attached hydrogens (tertiary/aromatic N) is 1. The zero-order valence-electron chi connectivity index (χ0n) is 9.82. The van der Waals surface area contributed by atoms with Crippen LogP contribution in [-0.2, 0) is 6.42 Å². The number of phenols is 1. The van der Waals surface area contributed by atoms with Crippen LogP contribution in [0.1, 0.15) is 25.3 Å². The quantitative estimate of drug-likeness (QED) is 0.814. The van der Waals surface area contributed by atoms with Crippen molar-refractivity contribution in [1.29, 1.82) is 0 Å². The van der Waals surface area contributed by atoms with Crippen molar-refractivity contribution in [2.45, 2.75) is 32.2 Å². The molecule has 1 aliphatic heterocycles. The number of hydrogen-bond donors (Lipinski definition) is 2. The molecule has 16 heavy (non-hydrogen) atoms. The molecule has 3 heteroatoms. The second-order valence-corrected chi connectivity index (χ2v) is 4.39. The van der Waals surface area contributed by atoms with Gasteiger partial charge in [-0.05, 0) is 56.5 Å². The van der Waals surface area contributed by atoms with E-state index in [1.165, 1.54) is 11.3 Å². The van der Waals surface area contributed by atoms with Crippen LogP contribution in [0.25, 0.3) is 0 Å². The molecule has 1 aromatic rings. The monoisotopic (exact) mass is 220 g/mol. The molecule has 2 rings (SSSR count). The van der Waals surface area contributed by atoms with E-state index >= 15 is 0 Å². The van der Waals surface area contributed by atoms with Gasteiger partial charge in [0, 0.05) is 18.3 Å². The summed E-state index contributed by atoms with van der Waals surface area (Å²) < 4.78 is 0. The number of aromatic hydroxyl groups is 1. The molecule has 3 nitrogen and oxygen atoms in total. The molecule has 1 aromatic carbocycles. The molecule has 0 spiro atoms. The lowest BCUT2D eigenvalue weighted by atomic mass is 10.1. The third kappa shape index (κ3) is 2.00. The minimum atomic E-state index is 0.370. The number of hydrogen-bond acceptors (Lipinski definition) is 3. The molecule has 0 bridgehead atoms. The maximum atomic E-state index is 9.48. The number of likely N-dealkylation sites (N-methyl/N-ethyl adjacent to an activating group) is 1. The Kier molecular flexibility index (Phi) is 3.34. The van der Waals surface area contributed by atoms with Gasteiger partial charge in [0.1, 0.15) is 5.75 Å². The fraction of sp³-hybridized carbons (Fsp3) is 0.538. The van der Waals surface area contributed by atoms with Gasteiger partial charge in [-0.1, -0.05) is 0 Å². The first-order valence-corrected chi connectivity index (χ1v) is 6.05. The molecule has 3 N–H and O–H groups in total. The number of benzene rings is 1. The molecule has 0 fully saturated rings. The molecular weight excluding hydrogens is 200 g/mol. The third-order valence-electron chi connectivity index (χ3n) is 3.35. The van der Waals surface area contributed by atoms with Crippen LogP contribution >= 0.6 is 0 Å². The summed E-state index contributed by atoms with van der Waals surface area (Å²) >= 11 is 0. The molecule has 0 radical (unpaired) electrons. The van der Waals surface area contributed by atoms with Crippen molar-refractivity contribution < 1.29 is 5.11 Å². The molecule has 1 atom stereocenters. The highest BCUT2D eigenvalue weighted by Crippen LogP contribution is 2.35. The van der Waals surface area contributed by atoms with Crippen molar-refractivity contribution in [2.24, 2.45) is 5.73 Å². The SMILES string of the molecule is CCN1c2ccc(O)cc2CC1CCCN. The van der Waals surface area contributed by atoms with Crippen molar-refractivity contribution in [3.63, 3.8) is 0 Å². The smallest absolute Gasteiger partial charge is 0.116 e. The van der Waals surface area contributed by atoms with Crippen LogP contribution in [0.3, 0.4) is 0 Å². The summed E-state index contributed by atoms with van der Waals surface area (Å²) in [5.41, 5.74) is 8.11. The van der Waals surface area contributed by atoms with E-state index in [9.17, 15) is 5.11 Å². The largest absolute Gasteiger partial charge is 0.508 e. The minimum Gasteiger partial charge on any atom is -0.508 e. The van der Waals surface area contributed by atoms with Crippen LogP contribution in [0, 0.1) is 0 Å². The predicted octanol–water partition coefficient (Wildman–Crippen LogP) is 1.88. The van der Waals surface area contributed by atoms with Gasteiger partial charge >= 0.3 is 0 Å². The normalized spacial score (nSPS) is 18.9. The Labute approximate surface area is 96.9 Å². The summed E-state index contributed by atoms with van der Waals surface area (Å²) in [6, 6.07) is 6.24. The Balaban J connectivity index is 2.18. The highest BCUT2D eigenvalue weighted by Gasteiger charge is 2.27. The number of phenolic OH excluding ortho intramolecular Hbond substituents is 1. The van der Waals surface area contributed by atoms with Crippen LogP contribution < -0.4 is 10.6 Å². The van der Waals surface area contributed by atoms with E-state index in [1.807, 2.05) is 12.1 Å². The van der Waals surface area contributed by atoms with Gasteiger partial charge in [0.15, 0.2) is 0 Å². The topological polar surface area (TPSA) is 49.5 Å². The summed E-state index contributed by atoms with van der Waals surface area (Å²) in [5.74, 6) is 0.370. The van der Waals surface area contributed by atoms with Gasteiger partial charge in [0.25, 0.3) is 0 Å².